The van der Waals surface area contributed by atoms with E-state index in [0.29, 0.717) is 30.0 Å². The lowest BCUT2D eigenvalue weighted by Crippen LogP contribution is -2.30. The van der Waals surface area contributed by atoms with Gasteiger partial charge in [-0.3, -0.25) is 10.1 Å². The molecule has 44 heavy (non-hydrogen) atoms. The summed E-state index contributed by atoms with van der Waals surface area (Å²) in [5, 5.41) is 9.87. The number of nitrogens with zero attached hydrogens (tertiary/aromatic N) is 4. The highest BCUT2D eigenvalue weighted by atomic mass is 19.4. The number of rotatable bonds is 8. The fourth-order valence-electron chi connectivity index (χ4n) is 4.97. The van der Waals surface area contributed by atoms with Crippen LogP contribution in [0.2, 0.25) is 0 Å². The Morgan fingerprint density at radius 1 is 0.977 bits per heavy atom. The Labute approximate surface area is 250 Å². The molecular weight excluding hydrogens is 577 g/mol. The normalized spacial score (nSPS) is 11.4. The van der Waals surface area contributed by atoms with Gasteiger partial charge in [-0.1, -0.05) is 42.0 Å². The minimum absolute atomic E-state index is 0.0759. The molecule has 3 aromatic carbocycles. The van der Waals surface area contributed by atoms with Crippen LogP contribution < -0.4 is 20.9 Å². The predicted octanol–water partition coefficient (Wildman–Crippen LogP) is 6.08. The predicted molar refractivity (Wildman–Crippen MR) is 158 cm³/mol. The Morgan fingerprint density at radius 3 is 2.27 bits per heavy atom. The second kappa shape index (κ2) is 12.1. The highest BCUT2D eigenvalue weighted by Gasteiger charge is 2.31. The second-order valence-electron chi connectivity index (χ2n) is 10.3. The zero-order valence-corrected chi connectivity index (χ0v) is 24.3. The first-order valence-corrected chi connectivity index (χ1v) is 13.6. The molecule has 0 spiro atoms. The summed E-state index contributed by atoms with van der Waals surface area (Å²) in [5.41, 5.74) is 5.78. The number of hydrogen-bond donors (Lipinski definition) is 2. The van der Waals surface area contributed by atoms with Gasteiger partial charge in [0.05, 0.1) is 5.69 Å². The van der Waals surface area contributed by atoms with Crippen LogP contribution in [0.4, 0.5) is 23.8 Å². The van der Waals surface area contributed by atoms with Crippen LogP contribution in [0, 0.1) is 20.8 Å². The van der Waals surface area contributed by atoms with Crippen molar-refractivity contribution >= 4 is 11.9 Å². The molecule has 2 aromatic heterocycles. The third-order valence-electron chi connectivity index (χ3n) is 6.85. The van der Waals surface area contributed by atoms with Crippen LogP contribution in [-0.4, -0.2) is 38.4 Å². The van der Waals surface area contributed by atoms with Crippen LogP contribution in [0.3, 0.4) is 0 Å². The van der Waals surface area contributed by atoms with Crippen molar-refractivity contribution in [3.8, 4) is 34.0 Å². The van der Waals surface area contributed by atoms with Gasteiger partial charge in [0.15, 0.2) is 5.82 Å². The number of aromatic nitrogens is 4. The average Bonchev–Trinajstić information content (AvgIpc) is 3.54. The standard InChI is InChI=1S/C31H29F3N6O4/c1-18-15-19(2)25(20(3)16-18)26-28(44-39(4)29(26)41)37-30(42)35-14-13-21-5-7-22(8-6-21)27-36-17-40(38-27)23-9-11-24(12-10-23)43-31(32,33)34/h5-12,15-17H,13-14H2,1-4H3,(H2,35,37,42). The summed E-state index contributed by atoms with van der Waals surface area (Å²) in [6.07, 6.45) is -2.76. The van der Waals surface area contributed by atoms with Crippen molar-refractivity contribution < 1.29 is 27.2 Å². The van der Waals surface area contributed by atoms with E-state index in [0.717, 1.165) is 38.1 Å². The molecule has 0 aliphatic rings. The SMILES string of the molecule is Cc1cc(C)c(-c2c(NC(=O)NCCc3ccc(-c4ncn(-c5ccc(OC(F)(F)F)cc5)n4)cc3)on(C)c2=O)c(C)c1. The molecule has 228 valence electrons. The summed E-state index contributed by atoms with van der Waals surface area (Å²) in [4.78, 5) is 29.9. The molecule has 0 atom stereocenters. The molecule has 0 aliphatic carbocycles. The van der Waals surface area contributed by atoms with Gasteiger partial charge in [-0.15, -0.1) is 18.3 Å². The van der Waals surface area contributed by atoms with E-state index in [9.17, 15) is 22.8 Å². The Morgan fingerprint density at radius 2 is 1.64 bits per heavy atom. The first-order chi connectivity index (χ1) is 20.9. The van der Waals surface area contributed by atoms with E-state index in [1.54, 1.807) is 0 Å². The van der Waals surface area contributed by atoms with Crippen molar-refractivity contribution in [1.29, 1.82) is 0 Å². The number of amides is 2. The fourth-order valence-corrected chi connectivity index (χ4v) is 4.97. The molecule has 5 aromatic rings. The lowest BCUT2D eigenvalue weighted by Gasteiger charge is -2.11. The van der Waals surface area contributed by atoms with E-state index in [1.807, 2.05) is 57.2 Å². The maximum absolute atomic E-state index is 12.9. The van der Waals surface area contributed by atoms with E-state index in [4.69, 9.17) is 4.52 Å². The number of carbonyl (C=O) groups excluding carboxylic acids is 1. The summed E-state index contributed by atoms with van der Waals surface area (Å²) in [7, 11) is 1.49. The molecule has 0 saturated carbocycles. The van der Waals surface area contributed by atoms with Crippen molar-refractivity contribution in [2.75, 3.05) is 11.9 Å². The van der Waals surface area contributed by atoms with E-state index in [2.05, 4.69) is 25.5 Å². The minimum Gasteiger partial charge on any atom is -0.406 e. The number of hydrogen-bond acceptors (Lipinski definition) is 6. The van der Waals surface area contributed by atoms with Crippen molar-refractivity contribution in [2.24, 2.45) is 7.05 Å². The first-order valence-electron chi connectivity index (χ1n) is 13.6. The van der Waals surface area contributed by atoms with Gasteiger partial charge in [0.1, 0.15) is 17.6 Å². The molecule has 5 rings (SSSR count). The fraction of sp³-hybridized carbons (Fsp3) is 0.226. The monoisotopic (exact) mass is 606 g/mol. The van der Waals surface area contributed by atoms with Crippen LogP contribution in [0.25, 0.3) is 28.2 Å². The van der Waals surface area contributed by atoms with Gasteiger partial charge in [-0.05, 0) is 73.7 Å². The highest BCUT2D eigenvalue weighted by molar-refractivity contribution is 5.93. The van der Waals surface area contributed by atoms with Crippen molar-refractivity contribution in [1.82, 2.24) is 24.8 Å². The number of anilines is 1. The maximum Gasteiger partial charge on any atom is 0.573 e. The topological polar surface area (TPSA) is 116 Å². The van der Waals surface area contributed by atoms with Crippen LogP contribution in [0.5, 0.6) is 5.75 Å². The quantitative estimate of drug-likeness (QED) is 0.221. The van der Waals surface area contributed by atoms with E-state index < -0.39 is 12.4 Å². The molecule has 0 unspecified atom stereocenters. The van der Waals surface area contributed by atoms with Gasteiger partial charge in [-0.2, -0.15) is 4.74 Å². The van der Waals surface area contributed by atoms with Gasteiger partial charge in [0.2, 0.25) is 5.88 Å². The minimum atomic E-state index is -4.76. The molecule has 0 fully saturated rings. The second-order valence-corrected chi connectivity index (χ2v) is 10.3. The van der Waals surface area contributed by atoms with Crippen LogP contribution in [0.15, 0.2) is 76.3 Å². The van der Waals surface area contributed by atoms with Crippen molar-refractivity contribution in [3.63, 3.8) is 0 Å². The van der Waals surface area contributed by atoms with Gasteiger partial charge in [0, 0.05) is 19.2 Å². The summed E-state index contributed by atoms with van der Waals surface area (Å²) >= 11 is 0. The first kappa shape index (κ1) is 30.1. The summed E-state index contributed by atoms with van der Waals surface area (Å²) < 4.78 is 49.2. The summed E-state index contributed by atoms with van der Waals surface area (Å²) in [6, 6.07) is 16.2. The molecule has 0 saturated heterocycles. The number of nitrogens with one attached hydrogen (secondary N) is 2. The molecule has 10 nitrogen and oxygen atoms in total. The third kappa shape index (κ3) is 6.83. The van der Waals surface area contributed by atoms with Crippen molar-refractivity contribution in [3.05, 3.63) is 99.6 Å². The Balaban J connectivity index is 1.18. The molecule has 2 amide bonds. The summed E-state index contributed by atoms with van der Waals surface area (Å²) in [5.74, 6) is 0.184. The molecule has 0 bridgehead atoms. The molecule has 13 heteroatoms. The smallest absolute Gasteiger partial charge is 0.406 e. The van der Waals surface area contributed by atoms with E-state index in [1.165, 1.54) is 42.3 Å². The lowest BCUT2D eigenvalue weighted by atomic mass is 9.95. The van der Waals surface area contributed by atoms with Crippen LogP contribution in [0.1, 0.15) is 22.3 Å². The number of ether oxygens (including phenoxy) is 1. The number of carbonyl (C=O) groups is 1. The summed E-state index contributed by atoms with van der Waals surface area (Å²) in [6.45, 7) is 6.13. The van der Waals surface area contributed by atoms with E-state index in [-0.39, 0.29) is 17.2 Å². The Bertz CT molecular complexity index is 1830. The number of alkyl halides is 3. The van der Waals surface area contributed by atoms with Gasteiger partial charge < -0.3 is 14.6 Å². The zero-order valence-electron chi connectivity index (χ0n) is 24.3. The van der Waals surface area contributed by atoms with E-state index >= 15 is 0 Å². The highest BCUT2D eigenvalue weighted by Crippen LogP contribution is 2.32. The maximum atomic E-state index is 12.9. The number of halogens is 3. The number of benzene rings is 3. The molecule has 0 radical (unpaired) electrons. The largest absolute Gasteiger partial charge is 0.573 e. The Kier molecular flexibility index (Phi) is 8.30. The number of aryl methyl sites for hydroxylation is 4. The van der Waals surface area contributed by atoms with Gasteiger partial charge in [0.25, 0.3) is 5.56 Å². The third-order valence-corrected chi connectivity index (χ3v) is 6.85. The van der Waals surface area contributed by atoms with Crippen LogP contribution >= 0.6 is 0 Å². The van der Waals surface area contributed by atoms with Crippen molar-refractivity contribution in [2.45, 2.75) is 33.6 Å². The van der Waals surface area contributed by atoms with Gasteiger partial charge >= 0.3 is 12.4 Å². The average molecular weight is 607 g/mol. The number of urea groups is 1. The Hall–Kier alpha value is -5.33. The van der Waals surface area contributed by atoms with Gasteiger partial charge in [-0.25, -0.2) is 14.5 Å². The zero-order chi connectivity index (χ0) is 31.6. The molecule has 2 heterocycles. The molecule has 2 N–H and O–H groups in total. The lowest BCUT2D eigenvalue weighted by molar-refractivity contribution is -0.274. The molecule has 0 aliphatic heterocycles. The van der Waals surface area contributed by atoms with Crippen LogP contribution in [-0.2, 0) is 13.5 Å². The molecular formula is C31H29F3N6O4.